The molecule has 6 aromatic rings. The van der Waals surface area contributed by atoms with Crippen LogP contribution in [-0.4, -0.2) is 48.9 Å². The summed E-state index contributed by atoms with van der Waals surface area (Å²) in [6.07, 6.45) is 16.4. The zero-order chi connectivity index (χ0) is 30.6. The van der Waals surface area contributed by atoms with Gasteiger partial charge in [-0.1, -0.05) is 72.8 Å². The van der Waals surface area contributed by atoms with Crippen LogP contribution in [0.4, 0.5) is 0 Å². The lowest BCUT2D eigenvalue weighted by molar-refractivity contribution is 0.232. The monoisotopic (exact) mass is 598 g/mol. The molecular formula is C37H26N8O. The molecule has 9 heteroatoms. The van der Waals surface area contributed by atoms with Crippen LogP contribution in [0.5, 0.6) is 0 Å². The molecule has 2 aliphatic heterocycles. The van der Waals surface area contributed by atoms with E-state index < -0.39 is 6.10 Å². The highest BCUT2D eigenvalue weighted by Gasteiger charge is 2.25. The number of rotatable bonds is 3. The number of aliphatic imine (C=N–C) groups is 2. The quantitative estimate of drug-likeness (QED) is 0.215. The third-order valence-corrected chi connectivity index (χ3v) is 8.72. The van der Waals surface area contributed by atoms with E-state index in [-0.39, 0.29) is 5.92 Å². The maximum absolute atomic E-state index is 9.35. The normalized spacial score (nSPS) is 19.1. The molecule has 5 heterocycles. The molecule has 2 unspecified atom stereocenters. The van der Waals surface area contributed by atoms with Crippen LogP contribution < -0.4 is 0 Å². The fraction of sp³-hybridized carbons (Fsp3) is 0.135. The summed E-state index contributed by atoms with van der Waals surface area (Å²) in [5.41, 5.74) is 4.66. The topological polar surface area (TPSA) is 106 Å². The highest BCUT2D eigenvalue weighted by molar-refractivity contribution is 6.26. The van der Waals surface area contributed by atoms with E-state index in [1.165, 1.54) is 0 Å². The largest absolute Gasteiger partial charge is 0.478 e. The Labute approximate surface area is 263 Å². The third kappa shape index (κ3) is 4.04. The van der Waals surface area contributed by atoms with Crippen molar-refractivity contribution < 1.29 is 4.74 Å². The Hall–Kier alpha value is -6.14. The van der Waals surface area contributed by atoms with Gasteiger partial charge >= 0.3 is 0 Å². The SMILES string of the molecule is N#CC1C=CC(c2nc(C3C=CC=CC3)nc(-n3c4ccccc4c4ccc5c6ccccc6n(C6=NCCC=N6)c5c43)n2)=CO1. The Bertz CT molecular complexity index is 2460. The van der Waals surface area contributed by atoms with E-state index in [1.54, 1.807) is 12.3 Å². The Morgan fingerprint density at radius 1 is 0.804 bits per heavy atom. The number of para-hydroxylation sites is 2. The molecular weight excluding hydrogens is 572 g/mol. The molecule has 0 bridgehead atoms. The van der Waals surface area contributed by atoms with E-state index in [0.717, 1.165) is 56.5 Å². The average Bonchev–Trinajstić information content (AvgIpc) is 3.65. The molecule has 0 amide bonds. The van der Waals surface area contributed by atoms with Crippen molar-refractivity contribution in [1.29, 1.82) is 5.26 Å². The zero-order valence-electron chi connectivity index (χ0n) is 24.7. The van der Waals surface area contributed by atoms with Gasteiger partial charge in [0.15, 0.2) is 5.82 Å². The van der Waals surface area contributed by atoms with Gasteiger partial charge in [0, 0.05) is 46.6 Å². The van der Waals surface area contributed by atoms with Crippen molar-refractivity contribution >= 4 is 61.4 Å². The highest BCUT2D eigenvalue weighted by Crippen LogP contribution is 2.40. The van der Waals surface area contributed by atoms with E-state index >= 15 is 0 Å². The molecule has 9 rings (SSSR count). The molecule has 3 aromatic heterocycles. The van der Waals surface area contributed by atoms with Crippen molar-refractivity contribution in [2.24, 2.45) is 9.98 Å². The van der Waals surface area contributed by atoms with Crippen molar-refractivity contribution in [3.63, 3.8) is 0 Å². The fourth-order valence-electron chi connectivity index (χ4n) is 6.62. The number of aromatic nitrogens is 5. The summed E-state index contributed by atoms with van der Waals surface area (Å²) in [5.74, 6) is 2.30. The number of nitrogens with zero attached hydrogens (tertiary/aromatic N) is 8. The molecule has 3 aromatic carbocycles. The molecule has 220 valence electrons. The number of hydrogen-bond donors (Lipinski definition) is 0. The van der Waals surface area contributed by atoms with Crippen molar-refractivity contribution in [2.45, 2.75) is 24.9 Å². The summed E-state index contributed by atoms with van der Waals surface area (Å²) in [5, 5.41) is 13.7. The second kappa shape index (κ2) is 10.5. The second-order valence-corrected chi connectivity index (χ2v) is 11.4. The van der Waals surface area contributed by atoms with E-state index in [4.69, 9.17) is 29.7 Å². The number of benzene rings is 3. The van der Waals surface area contributed by atoms with Crippen LogP contribution in [0.2, 0.25) is 0 Å². The van der Waals surface area contributed by atoms with Crippen LogP contribution in [-0.2, 0) is 4.74 Å². The Morgan fingerprint density at radius 3 is 2.24 bits per heavy atom. The van der Waals surface area contributed by atoms with Gasteiger partial charge in [-0.15, -0.1) is 0 Å². The van der Waals surface area contributed by atoms with E-state index in [0.29, 0.717) is 35.7 Å². The molecule has 0 spiro atoms. The Balaban J connectivity index is 1.40. The van der Waals surface area contributed by atoms with Gasteiger partial charge in [0.25, 0.3) is 0 Å². The zero-order valence-corrected chi connectivity index (χ0v) is 24.7. The Morgan fingerprint density at radius 2 is 1.57 bits per heavy atom. The first-order valence-corrected chi connectivity index (χ1v) is 15.3. The maximum Gasteiger partial charge on any atom is 0.238 e. The van der Waals surface area contributed by atoms with Gasteiger partial charge in [-0.3, -0.25) is 14.1 Å². The highest BCUT2D eigenvalue weighted by atomic mass is 16.5. The van der Waals surface area contributed by atoms with Gasteiger partial charge in [-0.2, -0.15) is 15.2 Å². The third-order valence-electron chi connectivity index (χ3n) is 8.72. The lowest BCUT2D eigenvalue weighted by Gasteiger charge is -2.17. The van der Waals surface area contributed by atoms with Crippen LogP contribution >= 0.6 is 0 Å². The number of hydrogen-bond acceptors (Lipinski definition) is 7. The molecule has 3 aliphatic rings. The van der Waals surface area contributed by atoms with E-state index in [2.05, 4.69) is 82.0 Å². The van der Waals surface area contributed by atoms with Crippen LogP contribution in [0.15, 0.2) is 113 Å². The summed E-state index contributed by atoms with van der Waals surface area (Å²) >= 11 is 0. The summed E-state index contributed by atoms with van der Waals surface area (Å²) in [6, 6.07) is 23.3. The van der Waals surface area contributed by atoms with E-state index in [1.807, 2.05) is 30.5 Å². The lowest BCUT2D eigenvalue weighted by Crippen LogP contribution is -2.15. The predicted octanol–water partition coefficient (Wildman–Crippen LogP) is 7.17. The van der Waals surface area contributed by atoms with Gasteiger partial charge < -0.3 is 4.74 Å². The molecule has 0 radical (unpaired) electrons. The lowest BCUT2D eigenvalue weighted by atomic mass is 10.00. The second-order valence-electron chi connectivity index (χ2n) is 11.4. The minimum absolute atomic E-state index is 0.0167. The van der Waals surface area contributed by atoms with Crippen LogP contribution in [0.3, 0.4) is 0 Å². The van der Waals surface area contributed by atoms with Gasteiger partial charge in [-0.05, 0) is 30.7 Å². The summed E-state index contributed by atoms with van der Waals surface area (Å²) in [6.45, 7) is 0.687. The molecule has 0 fully saturated rings. The average molecular weight is 599 g/mol. The Kier molecular flexibility index (Phi) is 5.99. The number of allylic oxidation sites excluding steroid dienone is 6. The van der Waals surface area contributed by atoms with Crippen LogP contribution in [0.25, 0.3) is 55.1 Å². The molecule has 1 aliphatic carbocycles. The minimum Gasteiger partial charge on any atom is -0.478 e. The van der Waals surface area contributed by atoms with Gasteiger partial charge in [0.2, 0.25) is 18.0 Å². The summed E-state index contributed by atoms with van der Waals surface area (Å²) < 4.78 is 9.98. The molecule has 9 nitrogen and oxygen atoms in total. The summed E-state index contributed by atoms with van der Waals surface area (Å²) in [4.78, 5) is 24.8. The number of nitriles is 1. The van der Waals surface area contributed by atoms with Gasteiger partial charge in [0.1, 0.15) is 11.9 Å². The molecule has 2 atom stereocenters. The predicted molar refractivity (Wildman–Crippen MR) is 181 cm³/mol. The minimum atomic E-state index is -0.645. The summed E-state index contributed by atoms with van der Waals surface area (Å²) in [7, 11) is 0. The van der Waals surface area contributed by atoms with Crippen LogP contribution in [0, 0.1) is 11.3 Å². The standard InChI is InChI=1S/C37H26N8O/c38-21-25-16-15-24(22-46-25)35-41-34(23-9-2-1-3-10-23)42-37(43-35)45-31-14-7-5-12-27(31)29-18-17-28-26-11-4-6-13-30(26)44(32(28)33(29)45)36-39-19-8-20-40-36/h1-7,9,11-19,22-23,25H,8,10,20H2. The van der Waals surface area contributed by atoms with Crippen molar-refractivity contribution in [1.82, 2.24) is 24.1 Å². The first-order chi connectivity index (χ1) is 22.8. The number of fused-ring (bicyclic) bond motifs is 7. The molecule has 0 N–H and O–H groups in total. The smallest absolute Gasteiger partial charge is 0.238 e. The molecule has 0 saturated carbocycles. The first kappa shape index (κ1) is 26.3. The van der Waals surface area contributed by atoms with Crippen LogP contribution in [0.1, 0.15) is 30.4 Å². The van der Waals surface area contributed by atoms with Crippen molar-refractivity contribution in [2.75, 3.05) is 6.54 Å². The molecule has 0 saturated heterocycles. The van der Waals surface area contributed by atoms with Gasteiger partial charge in [0.05, 0.1) is 33.9 Å². The van der Waals surface area contributed by atoms with Crippen molar-refractivity contribution in [3.8, 4) is 12.0 Å². The van der Waals surface area contributed by atoms with Crippen molar-refractivity contribution in [3.05, 3.63) is 115 Å². The number of ether oxygens (including phenoxy) is 1. The van der Waals surface area contributed by atoms with E-state index in [9.17, 15) is 5.26 Å². The van der Waals surface area contributed by atoms with Gasteiger partial charge in [-0.25, -0.2) is 9.98 Å². The molecule has 46 heavy (non-hydrogen) atoms. The first-order valence-electron chi connectivity index (χ1n) is 15.3. The maximum atomic E-state index is 9.35. The fourth-order valence-corrected chi connectivity index (χ4v) is 6.62.